The normalized spacial score (nSPS) is 22.9. The number of methoxy groups -OCH3 is 1. The Morgan fingerprint density at radius 1 is 1.12 bits per heavy atom. The maximum Gasteiger partial charge on any atom is 0.254 e. The van der Waals surface area contributed by atoms with E-state index in [1.807, 2.05) is 36.0 Å². The number of nitrogens with zero attached hydrogens (tertiary/aromatic N) is 2. The molecule has 1 aromatic carbocycles. The minimum absolute atomic E-state index is 0.169. The third-order valence-corrected chi connectivity index (χ3v) is 6.15. The van der Waals surface area contributed by atoms with Crippen LogP contribution in [0.5, 0.6) is 5.75 Å². The summed E-state index contributed by atoms with van der Waals surface area (Å²) in [6, 6.07) is 7.85. The van der Waals surface area contributed by atoms with Crippen LogP contribution < -0.4 is 4.74 Å². The first kappa shape index (κ1) is 17.6. The fourth-order valence-electron chi connectivity index (χ4n) is 3.59. The molecule has 4 nitrogen and oxygen atoms in total. The number of carbonyl (C=O) groups excluding carboxylic acids is 1. The van der Waals surface area contributed by atoms with Gasteiger partial charge in [0.2, 0.25) is 0 Å². The summed E-state index contributed by atoms with van der Waals surface area (Å²) in [5.41, 5.74) is 0.770. The van der Waals surface area contributed by atoms with E-state index in [1.165, 1.54) is 32.4 Å². The van der Waals surface area contributed by atoms with Gasteiger partial charge in [0.05, 0.1) is 13.2 Å². The zero-order valence-electron chi connectivity index (χ0n) is 14.6. The van der Waals surface area contributed by atoms with E-state index in [2.05, 4.69) is 9.80 Å². The third-order valence-electron chi connectivity index (χ3n) is 4.95. The Bertz CT molecular complexity index is 529. The molecule has 0 bridgehead atoms. The van der Waals surface area contributed by atoms with E-state index >= 15 is 0 Å². The van der Waals surface area contributed by atoms with Gasteiger partial charge in [0.15, 0.2) is 0 Å². The van der Waals surface area contributed by atoms with E-state index in [0.29, 0.717) is 6.04 Å². The molecule has 1 unspecified atom stereocenters. The number of rotatable bonds is 4. The van der Waals surface area contributed by atoms with Crippen molar-refractivity contribution in [2.45, 2.75) is 31.7 Å². The molecule has 0 spiro atoms. The summed E-state index contributed by atoms with van der Waals surface area (Å²) in [7, 11) is 1.65. The van der Waals surface area contributed by atoms with E-state index in [-0.39, 0.29) is 5.91 Å². The monoisotopic (exact) mass is 348 g/mol. The minimum Gasteiger partial charge on any atom is -0.497 e. The van der Waals surface area contributed by atoms with E-state index in [9.17, 15) is 4.79 Å². The molecular formula is C19H28N2O2S. The van der Waals surface area contributed by atoms with Crippen molar-refractivity contribution in [2.75, 3.05) is 44.8 Å². The number of amides is 1. The summed E-state index contributed by atoms with van der Waals surface area (Å²) < 4.78 is 5.20. The van der Waals surface area contributed by atoms with Crippen molar-refractivity contribution in [2.24, 2.45) is 0 Å². The van der Waals surface area contributed by atoms with Gasteiger partial charge >= 0.3 is 0 Å². The SMILES string of the molecule is COc1ccc(C(=O)N2CCCSCC2CN2CCCCC2)cc1. The first-order valence-electron chi connectivity index (χ1n) is 9.03. The molecule has 1 amide bonds. The zero-order valence-corrected chi connectivity index (χ0v) is 15.4. The number of piperidine rings is 1. The van der Waals surface area contributed by atoms with Crippen LogP contribution >= 0.6 is 11.8 Å². The highest BCUT2D eigenvalue weighted by Crippen LogP contribution is 2.22. The summed E-state index contributed by atoms with van der Waals surface area (Å²) >= 11 is 1.99. The molecule has 132 valence electrons. The molecule has 0 saturated carbocycles. The highest BCUT2D eigenvalue weighted by atomic mass is 32.2. The predicted octanol–water partition coefficient (Wildman–Crippen LogP) is 3.13. The number of likely N-dealkylation sites (tertiary alicyclic amines) is 1. The quantitative estimate of drug-likeness (QED) is 0.837. The van der Waals surface area contributed by atoms with Gasteiger partial charge in [-0.1, -0.05) is 6.42 Å². The molecule has 2 heterocycles. The maximum atomic E-state index is 13.1. The van der Waals surface area contributed by atoms with Crippen molar-refractivity contribution in [3.63, 3.8) is 0 Å². The second kappa shape index (κ2) is 8.77. The Morgan fingerprint density at radius 2 is 1.88 bits per heavy atom. The average molecular weight is 349 g/mol. The predicted molar refractivity (Wildman–Crippen MR) is 100 cm³/mol. The molecule has 2 saturated heterocycles. The first-order chi connectivity index (χ1) is 11.8. The Balaban J connectivity index is 1.71. The number of hydrogen-bond acceptors (Lipinski definition) is 4. The second-order valence-corrected chi connectivity index (χ2v) is 7.82. The highest BCUT2D eigenvalue weighted by Gasteiger charge is 2.28. The molecule has 5 heteroatoms. The van der Waals surface area contributed by atoms with E-state index in [0.717, 1.165) is 42.3 Å². The largest absolute Gasteiger partial charge is 0.497 e. The number of carbonyl (C=O) groups is 1. The maximum absolute atomic E-state index is 13.1. The summed E-state index contributed by atoms with van der Waals surface area (Å²) in [4.78, 5) is 17.7. The van der Waals surface area contributed by atoms with Crippen molar-refractivity contribution in [1.29, 1.82) is 0 Å². The van der Waals surface area contributed by atoms with Crippen LogP contribution in [-0.4, -0.2) is 66.5 Å². The Labute approximate surface area is 149 Å². The molecule has 0 radical (unpaired) electrons. The highest BCUT2D eigenvalue weighted by molar-refractivity contribution is 7.99. The van der Waals surface area contributed by atoms with E-state index < -0.39 is 0 Å². The zero-order chi connectivity index (χ0) is 16.8. The van der Waals surface area contributed by atoms with Gasteiger partial charge in [0, 0.05) is 24.4 Å². The molecule has 0 N–H and O–H groups in total. The summed E-state index contributed by atoms with van der Waals surface area (Å²) in [6.07, 6.45) is 5.03. The number of thioether (sulfide) groups is 1. The standard InChI is InChI=1S/C19H28N2O2S/c1-23-18-8-6-16(7-9-18)19(22)21-12-5-13-24-15-17(21)14-20-10-3-2-4-11-20/h6-9,17H,2-5,10-15H2,1H3. The minimum atomic E-state index is 0.169. The van der Waals surface area contributed by atoms with Crippen LogP contribution in [0.1, 0.15) is 36.0 Å². The van der Waals surface area contributed by atoms with Gasteiger partial charge in [0.25, 0.3) is 5.91 Å². The van der Waals surface area contributed by atoms with Gasteiger partial charge in [-0.25, -0.2) is 0 Å². The number of benzene rings is 1. The van der Waals surface area contributed by atoms with Crippen LogP contribution in [0, 0.1) is 0 Å². The van der Waals surface area contributed by atoms with Crippen molar-refractivity contribution < 1.29 is 9.53 Å². The van der Waals surface area contributed by atoms with E-state index in [4.69, 9.17) is 4.74 Å². The lowest BCUT2D eigenvalue weighted by Crippen LogP contribution is -2.49. The average Bonchev–Trinajstić information content (AvgIpc) is 2.87. The molecule has 24 heavy (non-hydrogen) atoms. The van der Waals surface area contributed by atoms with Crippen molar-refractivity contribution >= 4 is 17.7 Å². The van der Waals surface area contributed by atoms with Crippen molar-refractivity contribution in [1.82, 2.24) is 9.80 Å². The van der Waals surface area contributed by atoms with Crippen LogP contribution in [0.25, 0.3) is 0 Å². The lowest BCUT2D eigenvalue weighted by Gasteiger charge is -2.35. The number of hydrogen-bond donors (Lipinski definition) is 0. The fourth-order valence-corrected chi connectivity index (χ4v) is 4.64. The summed E-state index contributed by atoms with van der Waals surface area (Å²) in [5, 5.41) is 0. The topological polar surface area (TPSA) is 32.8 Å². The smallest absolute Gasteiger partial charge is 0.254 e. The molecule has 0 aromatic heterocycles. The van der Waals surface area contributed by atoms with Gasteiger partial charge < -0.3 is 14.5 Å². The second-order valence-electron chi connectivity index (χ2n) is 6.67. The molecule has 2 aliphatic heterocycles. The van der Waals surface area contributed by atoms with Crippen LogP contribution in [0.2, 0.25) is 0 Å². The first-order valence-corrected chi connectivity index (χ1v) is 10.2. The van der Waals surface area contributed by atoms with Crippen LogP contribution in [0.3, 0.4) is 0 Å². The summed E-state index contributed by atoms with van der Waals surface area (Å²) in [6.45, 7) is 4.27. The molecule has 2 fully saturated rings. The fraction of sp³-hybridized carbons (Fsp3) is 0.632. The third kappa shape index (κ3) is 4.45. The number of ether oxygens (including phenoxy) is 1. The molecule has 0 aliphatic carbocycles. The molecule has 1 atom stereocenters. The lowest BCUT2D eigenvalue weighted by molar-refractivity contribution is 0.0645. The van der Waals surface area contributed by atoms with Crippen molar-refractivity contribution in [3.8, 4) is 5.75 Å². The van der Waals surface area contributed by atoms with E-state index in [1.54, 1.807) is 7.11 Å². The molecular weight excluding hydrogens is 320 g/mol. The molecule has 2 aliphatic rings. The lowest BCUT2D eigenvalue weighted by atomic mass is 10.1. The van der Waals surface area contributed by atoms with Gasteiger partial charge in [0.1, 0.15) is 5.75 Å². The Hall–Kier alpha value is -1.20. The van der Waals surface area contributed by atoms with Gasteiger partial charge in [-0.2, -0.15) is 11.8 Å². The summed E-state index contributed by atoms with van der Waals surface area (Å²) in [5.74, 6) is 3.17. The van der Waals surface area contributed by atoms with Crippen molar-refractivity contribution in [3.05, 3.63) is 29.8 Å². The van der Waals surface area contributed by atoms with Gasteiger partial charge in [-0.3, -0.25) is 4.79 Å². The van der Waals surface area contributed by atoms with Gasteiger partial charge in [-0.05, 0) is 62.4 Å². The van der Waals surface area contributed by atoms with Gasteiger partial charge in [-0.15, -0.1) is 0 Å². The van der Waals surface area contributed by atoms with Crippen LogP contribution in [0.4, 0.5) is 0 Å². The Kier molecular flexibility index (Phi) is 6.44. The molecule has 3 rings (SSSR count). The molecule has 1 aromatic rings. The Morgan fingerprint density at radius 3 is 2.58 bits per heavy atom. The van der Waals surface area contributed by atoms with Crippen LogP contribution in [-0.2, 0) is 0 Å². The van der Waals surface area contributed by atoms with Crippen LogP contribution in [0.15, 0.2) is 24.3 Å².